The Kier molecular flexibility index (Phi) is 6.46. The van der Waals surface area contributed by atoms with Crippen molar-refractivity contribution in [3.63, 3.8) is 0 Å². The number of likely N-dealkylation sites (tertiary alicyclic amines) is 1. The lowest BCUT2D eigenvalue weighted by Gasteiger charge is -2.24. The van der Waals surface area contributed by atoms with Crippen LogP contribution in [0.15, 0.2) is 29.3 Å². The zero-order valence-electron chi connectivity index (χ0n) is 15.9. The smallest absolute Gasteiger partial charge is 0.222 e. The van der Waals surface area contributed by atoms with E-state index in [1.54, 1.807) is 0 Å². The second kappa shape index (κ2) is 8.80. The fourth-order valence-corrected chi connectivity index (χ4v) is 4.83. The number of rotatable bonds is 6. The van der Waals surface area contributed by atoms with Crippen LogP contribution in [0.3, 0.4) is 0 Å². The Morgan fingerprint density at radius 2 is 2.15 bits per heavy atom. The molecule has 0 radical (unpaired) electrons. The maximum Gasteiger partial charge on any atom is 0.222 e. The molecule has 142 valence electrons. The fraction of sp³-hybridized carbons (Fsp3) is 0.600. The number of aliphatic imine (C=N–C) groups is 1. The lowest BCUT2D eigenvalue weighted by molar-refractivity contribution is -0.128. The summed E-state index contributed by atoms with van der Waals surface area (Å²) in [6.07, 6.45) is 4.25. The van der Waals surface area contributed by atoms with Crippen molar-refractivity contribution in [1.29, 1.82) is 0 Å². The lowest BCUT2D eigenvalue weighted by Crippen LogP contribution is -2.43. The minimum atomic E-state index is 0.274. The van der Waals surface area contributed by atoms with Gasteiger partial charge in [-0.05, 0) is 43.1 Å². The molecule has 26 heavy (non-hydrogen) atoms. The van der Waals surface area contributed by atoms with Crippen LogP contribution in [0.5, 0.6) is 0 Å². The summed E-state index contributed by atoms with van der Waals surface area (Å²) in [6.45, 7) is 5.59. The maximum atomic E-state index is 11.8. The van der Waals surface area contributed by atoms with E-state index in [1.807, 2.05) is 11.9 Å². The van der Waals surface area contributed by atoms with E-state index in [4.69, 9.17) is 0 Å². The largest absolute Gasteiger partial charge is 0.355 e. The van der Waals surface area contributed by atoms with Gasteiger partial charge in [0.1, 0.15) is 0 Å². The number of nitrogens with zero attached hydrogens (tertiary/aromatic N) is 2. The SMILES string of the molecule is CN=C(NCc1cccc(CN2CCCC2=O)c1)NCC1(C)CCCS1. The first-order valence-electron chi connectivity index (χ1n) is 9.52. The van der Waals surface area contributed by atoms with Crippen LogP contribution in [0.25, 0.3) is 0 Å². The molecule has 2 fully saturated rings. The first-order chi connectivity index (χ1) is 12.6. The van der Waals surface area contributed by atoms with Crippen molar-refractivity contribution in [2.75, 3.05) is 25.9 Å². The Morgan fingerprint density at radius 3 is 2.85 bits per heavy atom. The Bertz CT molecular complexity index is 655. The zero-order chi connectivity index (χ0) is 18.4. The molecule has 1 amide bonds. The maximum absolute atomic E-state index is 11.8. The Labute approximate surface area is 161 Å². The van der Waals surface area contributed by atoms with E-state index in [2.05, 4.69) is 58.6 Å². The van der Waals surface area contributed by atoms with E-state index in [1.165, 1.54) is 29.7 Å². The molecule has 0 aliphatic carbocycles. The van der Waals surface area contributed by atoms with Gasteiger partial charge in [-0.3, -0.25) is 9.79 Å². The molecule has 6 heteroatoms. The van der Waals surface area contributed by atoms with Crippen LogP contribution in [0, 0.1) is 0 Å². The molecule has 0 saturated carbocycles. The number of thioether (sulfide) groups is 1. The van der Waals surface area contributed by atoms with Crippen LogP contribution in [-0.2, 0) is 17.9 Å². The average molecular weight is 375 g/mol. The number of carbonyl (C=O) groups is 1. The summed E-state index contributed by atoms with van der Waals surface area (Å²) in [4.78, 5) is 18.1. The summed E-state index contributed by atoms with van der Waals surface area (Å²) >= 11 is 2.05. The summed E-state index contributed by atoms with van der Waals surface area (Å²) in [5.41, 5.74) is 2.40. The molecule has 3 rings (SSSR count). The molecule has 2 saturated heterocycles. The monoisotopic (exact) mass is 374 g/mol. The minimum Gasteiger partial charge on any atom is -0.355 e. The summed E-state index contributed by atoms with van der Waals surface area (Å²) in [6, 6.07) is 8.46. The van der Waals surface area contributed by atoms with Gasteiger partial charge in [0.25, 0.3) is 0 Å². The van der Waals surface area contributed by atoms with E-state index >= 15 is 0 Å². The standard InChI is InChI=1S/C20H30N4OS/c1-20(9-5-11-26-20)15-23-19(21-2)22-13-16-6-3-7-17(12-16)14-24-10-4-8-18(24)25/h3,6-7,12H,4-5,8-11,13-15H2,1-2H3,(H2,21,22,23). The predicted molar refractivity (Wildman–Crippen MR) is 109 cm³/mol. The molecule has 1 atom stereocenters. The number of benzene rings is 1. The summed E-state index contributed by atoms with van der Waals surface area (Å²) in [5.74, 6) is 2.38. The van der Waals surface area contributed by atoms with E-state index in [0.29, 0.717) is 11.2 Å². The van der Waals surface area contributed by atoms with Crippen molar-refractivity contribution < 1.29 is 4.79 Å². The molecule has 0 bridgehead atoms. The van der Waals surface area contributed by atoms with Crippen molar-refractivity contribution >= 4 is 23.6 Å². The number of hydrogen-bond donors (Lipinski definition) is 2. The second-order valence-corrected chi connectivity index (χ2v) is 9.10. The normalized spacial score (nSPS) is 23.5. The quantitative estimate of drug-likeness (QED) is 0.594. The third-order valence-electron chi connectivity index (χ3n) is 5.15. The number of guanidine groups is 1. The molecule has 2 heterocycles. The first kappa shape index (κ1) is 19.1. The zero-order valence-corrected chi connectivity index (χ0v) is 16.7. The molecule has 2 N–H and O–H groups in total. The highest BCUT2D eigenvalue weighted by Crippen LogP contribution is 2.36. The van der Waals surface area contributed by atoms with Gasteiger partial charge in [0.15, 0.2) is 5.96 Å². The van der Waals surface area contributed by atoms with Gasteiger partial charge < -0.3 is 15.5 Å². The van der Waals surface area contributed by atoms with Gasteiger partial charge in [-0.2, -0.15) is 11.8 Å². The van der Waals surface area contributed by atoms with Crippen LogP contribution < -0.4 is 10.6 Å². The molecule has 5 nitrogen and oxygen atoms in total. The molecule has 1 aromatic carbocycles. The first-order valence-corrected chi connectivity index (χ1v) is 10.5. The molecule has 2 aliphatic heterocycles. The molecule has 2 aliphatic rings. The van der Waals surface area contributed by atoms with Crippen LogP contribution >= 0.6 is 11.8 Å². The van der Waals surface area contributed by atoms with E-state index in [9.17, 15) is 4.79 Å². The van der Waals surface area contributed by atoms with Gasteiger partial charge in [-0.1, -0.05) is 24.3 Å². The predicted octanol–water partition coefficient (Wildman–Crippen LogP) is 2.76. The third-order valence-corrected chi connectivity index (χ3v) is 6.69. The molecule has 1 aromatic rings. The van der Waals surface area contributed by atoms with Gasteiger partial charge in [0.2, 0.25) is 5.91 Å². The lowest BCUT2D eigenvalue weighted by atomic mass is 10.1. The molecular weight excluding hydrogens is 344 g/mol. The van der Waals surface area contributed by atoms with Crippen LogP contribution in [0.1, 0.15) is 43.7 Å². The number of hydrogen-bond acceptors (Lipinski definition) is 3. The average Bonchev–Trinajstić information content (AvgIpc) is 3.25. The highest BCUT2D eigenvalue weighted by atomic mass is 32.2. The van der Waals surface area contributed by atoms with E-state index < -0.39 is 0 Å². The molecule has 1 unspecified atom stereocenters. The van der Waals surface area contributed by atoms with Crippen LogP contribution in [0.2, 0.25) is 0 Å². The summed E-state index contributed by atoms with van der Waals surface area (Å²) in [5, 5.41) is 6.87. The van der Waals surface area contributed by atoms with Crippen molar-refractivity contribution in [2.45, 2.75) is 50.4 Å². The van der Waals surface area contributed by atoms with E-state index in [0.717, 1.165) is 38.6 Å². The Hall–Kier alpha value is -1.69. The topological polar surface area (TPSA) is 56.7 Å². The van der Waals surface area contributed by atoms with Gasteiger partial charge in [-0.15, -0.1) is 0 Å². The number of carbonyl (C=O) groups excluding carboxylic acids is 1. The fourth-order valence-electron chi connectivity index (χ4n) is 3.58. The molecule has 0 aromatic heterocycles. The van der Waals surface area contributed by atoms with Crippen LogP contribution in [-0.4, -0.2) is 47.4 Å². The van der Waals surface area contributed by atoms with Gasteiger partial charge >= 0.3 is 0 Å². The second-order valence-electron chi connectivity index (χ2n) is 7.42. The highest BCUT2D eigenvalue weighted by Gasteiger charge is 2.29. The highest BCUT2D eigenvalue weighted by molar-refractivity contribution is 8.00. The van der Waals surface area contributed by atoms with Crippen molar-refractivity contribution in [1.82, 2.24) is 15.5 Å². The van der Waals surface area contributed by atoms with Gasteiger partial charge in [0.05, 0.1) is 0 Å². The Morgan fingerprint density at radius 1 is 1.31 bits per heavy atom. The van der Waals surface area contributed by atoms with Crippen molar-refractivity contribution in [3.05, 3.63) is 35.4 Å². The summed E-state index contributed by atoms with van der Waals surface area (Å²) < 4.78 is 0.319. The van der Waals surface area contributed by atoms with Gasteiger partial charge in [0, 0.05) is 44.4 Å². The third kappa shape index (κ3) is 5.16. The minimum absolute atomic E-state index is 0.274. The Balaban J connectivity index is 1.50. The van der Waals surface area contributed by atoms with Crippen LogP contribution in [0.4, 0.5) is 0 Å². The van der Waals surface area contributed by atoms with Gasteiger partial charge in [-0.25, -0.2) is 0 Å². The molecule has 0 spiro atoms. The van der Waals surface area contributed by atoms with E-state index in [-0.39, 0.29) is 5.91 Å². The van der Waals surface area contributed by atoms with Crippen molar-refractivity contribution in [3.8, 4) is 0 Å². The number of amides is 1. The summed E-state index contributed by atoms with van der Waals surface area (Å²) in [7, 11) is 1.81. The number of nitrogens with one attached hydrogen (secondary N) is 2. The van der Waals surface area contributed by atoms with Crippen molar-refractivity contribution in [2.24, 2.45) is 4.99 Å². The molecular formula is C20H30N4OS.